The van der Waals surface area contributed by atoms with Crippen molar-refractivity contribution in [2.24, 2.45) is 11.7 Å². The summed E-state index contributed by atoms with van der Waals surface area (Å²) in [4.78, 5) is 22.0. The molecular weight excluding hydrogens is 409 g/mol. The molecule has 2 unspecified atom stereocenters. The number of carbonyl (C=O) groups excluding carboxylic acids is 1. The van der Waals surface area contributed by atoms with E-state index >= 15 is 0 Å². The summed E-state index contributed by atoms with van der Waals surface area (Å²) in [5.74, 6) is -0.331. The monoisotopic (exact) mass is 428 g/mol. The van der Waals surface area contributed by atoms with Gasteiger partial charge in [-0.05, 0) is 0 Å². The fourth-order valence-corrected chi connectivity index (χ4v) is 5.93. The van der Waals surface area contributed by atoms with Crippen LogP contribution in [0.3, 0.4) is 0 Å². The molecule has 2 atom stereocenters. The number of nitro groups is 1. The zero-order chi connectivity index (χ0) is 17.0. The Morgan fingerprint density at radius 3 is 2.96 bits per heavy atom. The van der Waals surface area contributed by atoms with Gasteiger partial charge in [-0.15, -0.1) is 0 Å². The van der Waals surface area contributed by atoms with Crippen LogP contribution in [-0.4, -0.2) is 14.8 Å². The van der Waals surface area contributed by atoms with E-state index in [-0.39, 0.29) is 22.4 Å². The average molecular weight is 428 g/mol. The van der Waals surface area contributed by atoms with Crippen molar-refractivity contribution in [3.8, 4) is 0 Å². The zero-order valence-corrected chi connectivity index (χ0v) is 14.9. The summed E-state index contributed by atoms with van der Waals surface area (Å²) in [6.45, 7) is 5.30. The van der Waals surface area contributed by atoms with Crippen molar-refractivity contribution in [2.45, 2.75) is 23.7 Å². The van der Waals surface area contributed by atoms with Crippen LogP contribution in [0.4, 0.5) is 0 Å². The molecule has 0 saturated heterocycles. The van der Waals surface area contributed by atoms with Gasteiger partial charge in [0.05, 0.1) is 0 Å². The minimum absolute atomic E-state index is 0.116. The van der Waals surface area contributed by atoms with Crippen molar-refractivity contribution in [3.05, 3.63) is 67.7 Å². The van der Waals surface area contributed by atoms with Crippen molar-refractivity contribution in [1.29, 1.82) is 0 Å². The number of hydrogen-bond acceptors (Lipinski definition) is 4. The molecule has 6 nitrogen and oxygen atoms in total. The Morgan fingerprint density at radius 2 is 2.30 bits per heavy atom. The van der Waals surface area contributed by atoms with E-state index in [9.17, 15) is 14.9 Å². The molecule has 23 heavy (non-hydrogen) atoms. The van der Waals surface area contributed by atoms with Crippen LogP contribution in [0.15, 0.2) is 57.6 Å². The molecule has 0 aromatic carbocycles. The van der Waals surface area contributed by atoms with Crippen molar-refractivity contribution in [3.63, 3.8) is 0 Å². The molecule has 2 aliphatic rings. The molecule has 0 aliphatic heterocycles. The molecule has 124 valence electrons. The number of nitrogens with one attached hydrogen (secondary N) is 1. The molecule has 0 aromatic heterocycles. The quantitative estimate of drug-likeness (QED) is 0.192. The van der Waals surface area contributed by atoms with Gasteiger partial charge in [0.1, 0.15) is 0 Å². The van der Waals surface area contributed by atoms with Gasteiger partial charge in [-0.25, -0.2) is 0 Å². The molecule has 2 rings (SSSR count). The Labute approximate surface area is 145 Å². The van der Waals surface area contributed by atoms with Crippen LogP contribution in [0.25, 0.3) is 0 Å². The summed E-state index contributed by atoms with van der Waals surface area (Å²) in [5.41, 5.74) is 7.63. The van der Waals surface area contributed by atoms with Crippen LogP contribution >= 0.6 is 0 Å². The number of nitrogens with two attached hydrogens (primary N) is 1. The van der Waals surface area contributed by atoms with Gasteiger partial charge in [-0.2, -0.15) is 0 Å². The summed E-state index contributed by atoms with van der Waals surface area (Å²) in [6, 6.07) is 0. The van der Waals surface area contributed by atoms with E-state index in [2.05, 4.69) is 18.0 Å². The summed E-state index contributed by atoms with van der Waals surface area (Å²) in [5, 5.41) is 13.8. The van der Waals surface area contributed by atoms with Crippen molar-refractivity contribution in [2.75, 3.05) is 0 Å². The first-order valence-corrected chi connectivity index (χ1v) is 9.52. The molecule has 3 N–H and O–H groups in total. The Bertz CT molecular complexity index is 661. The van der Waals surface area contributed by atoms with Crippen molar-refractivity contribution in [1.82, 2.24) is 5.32 Å². The number of amides is 1. The van der Waals surface area contributed by atoms with Crippen molar-refractivity contribution < 1.29 is 30.9 Å². The first kappa shape index (κ1) is 17.5. The molecule has 0 spiro atoms. The van der Waals surface area contributed by atoms with Crippen LogP contribution < -0.4 is 32.3 Å². The Kier molecular flexibility index (Phi) is 5.75. The van der Waals surface area contributed by atoms with Gasteiger partial charge in [0.2, 0.25) is 0 Å². The first-order chi connectivity index (χ1) is 10.9. The average Bonchev–Trinajstić information content (AvgIpc) is 2.50. The number of hydrogen-bond donors (Lipinski definition) is 2. The second-order valence-electron chi connectivity index (χ2n) is 5.39. The summed E-state index contributed by atoms with van der Waals surface area (Å²) >= 11 is -0.399. The van der Waals surface area contributed by atoms with Crippen LogP contribution in [0.5, 0.6) is 0 Å². The van der Waals surface area contributed by atoms with Gasteiger partial charge in [0.15, 0.2) is 0 Å². The molecule has 1 amide bonds. The summed E-state index contributed by atoms with van der Waals surface area (Å²) in [6.07, 6.45) is 10.1. The Morgan fingerprint density at radius 1 is 1.57 bits per heavy atom. The second-order valence-corrected chi connectivity index (χ2v) is 8.92. The van der Waals surface area contributed by atoms with Gasteiger partial charge in [0, 0.05) is 0 Å². The van der Waals surface area contributed by atoms with E-state index in [1.54, 1.807) is 0 Å². The van der Waals surface area contributed by atoms with Crippen molar-refractivity contribution >= 4 is 5.91 Å². The van der Waals surface area contributed by atoms with Gasteiger partial charge in [-0.3, -0.25) is 0 Å². The number of rotatable bonds is 5. The predicted octanol–water partition coefficient (Wildman–Crippen LogP) is -1.04. The Hall–Kier alpha value is -1.90. The molecular formula is C16H19IN3O3-. The van der Waals surface area contributed by atoms with E-state index in [0.717, 1.165) is 15.7 Å². The molecule has 0 bridgehead atoms. The molecule has 0 saturated carbocycles. The van der Waals surface area contributed by atoms with Gasteiger partial charge >= 0.3 is 145 Å². The number of carbonyl (C=O) groups is 1. The van der Waals surface area contributed by atoms with E-state index < -0.39 is 21.2 Å². The maximum atomic E-state index is 11.4. The maximum absolute atomic E-state index is 11.4. The van der Waals surface area contributed by atoms with Crippen LogP contribution in [0.1, 0.15) is 19.8 Å². The summed E-state index contributed by atoms with van der Waals surface area (Å²) in [7, 11) is 0. The SMILES string of the molecule is C=CC(=O)NC1=CC=CC([I-]C2=C(N)C=C([N+](=O)[O-])C(C)C2)C1. The molecule has 0 fully saturated rings. The minimum atomic E-state index is -0.399. The number of allylic oxidation sites excluding steroid dienone is 7. The summed E-state index contributed by atoms with van der Waals surface area (Å²) < 4.78 is 1.47. The van der Waals surface area contributed by atoms with E-state index in [0.29, 0.717) is 16.0 Å². The third-order valence-corrected chi connectivity index (χ3v) is 7.06. The first-order valence-electron chi connectivity index (χ1n) is 7.19. The third-order valence-electron chi connectivity index (χ3n) is 3.59. The molecule has 0 radical (unpaired) electrons. The normalized spacial score (nSPS) is 24.0. The zero-order valence-electron chi connectivity index (χ0n) is 12.8. The van der Waals surface area contributed by atoms with Gasteiger partial charge in [-0.1, -0.05) is 0 Å². The van der Waals surface area contributed by atoms with E-state index in [1.807, 2.05) is 19.1 Å². The number of alkyl halides is 1. The molecule has 0 heterocycles. The standard InChI is InChI=1S/C16H19IN3O3/c1-3-16(21)19-12-6-4-5-11(8-12)17-13-7-10(2)15(20(22)23)9-14(13)18/h3-6,9-11H,1,7-8,18H2,2H3,(H,19,21)/q-1. The van der Waals surface area contributed by atoms with Crippen LogP contribution in [-0.2, 0) is 4.79 Å². The van der Waals surface area contributed by atoms with E-state index in [1.165, 1.54) is 12.2 Å². The molecule has 2 aliphatic carbocycles. The molecule has 0 aromatic rings. The fourth-order valence-electron chi connectivity index (χ4n) is 2.40. The topological polar surface area (TPSA) is 98.3 Å². The van der Waals surface area contributed by atoms with Gasteiger partial charge in [0.25, 0.3) is 0 Å². The second kappa shape index (κ2) is 7.58. The number of nitrogens with zero attached hydrogens (tertiary/aromatic N) is 1. The number of halogens is 1. The van der Waals surface area contributed by atoms with Gasteiger partial charge < -0.3 is 0 Å². The molecule has 7 heteroatoms. The van der Waals surface area contributed by atoms with Crippen LogP contribution in [0, 0.1) is 16.0 Å². The van der Waals surface area contributed by atoms with E-state index in [4.69, 9.17) is 5.73 Å². The Balaban J connectivity index is 2.06. The predicted molar refractivity (Wildman–Crippen MR) is 84.0 cm³/mol. The fraction of sp³-hybridized carbons (Fsp3) is 0.312. The third kappa shape index (κ3) is 4.54. The van der Waals surface area contributed by atoms with Crippen LogP contribution in [0.2, 0.25) is 0 Å².